The lowest BCUT2D eigenvalue weighted by Gasteiger charge is -2.15. The van der Waals surface area contributed by atoms with Crippen LogP contribution in [0.1, 0.15) is 32.6 Å². The molecule has 5 heteroatoms. The predicted molar refractivity (Wildman–Crippen MR) is 125 cm³/mol. The van der Waals surface area contributed by atoms with Crippen molar-refractivity contribution in [1.82, 2.24) is 0 Å². The molecule has 0 aliphatic rings. The number of ether oxygens (including phenoxy) is 2. The first-order valence-corrected chi connectivity index (χ1v) is 10.4. The molecule has 3 aromatic rings. The fraction of sp³-hybridized carbons (Fsp3) is 0.208. The summed E-state index contributed by atoms with van der Waals surface area (Å²) in [5.41, 5.74) is 5.90. The topological polar surface area (TPSA) is 47.6 Å². The van der Waals surface area contributed by atoms with Gasteiger partial charge in [-0.25, -0.2) is 0 Å². The van der Waals surface area contributed by atoms with E-state index >= 15 is 0 Å². The molecule has 0 aromatic heterocycles. The van der Waals surface area contributed by atoms with E-state index in [9.17, 15) is 4.79 Å². The highest BCUT2D eigenvalue weighted by Crippen LogP contribution is 2.35. The van der Waals surface area contributed by atoms with Crippen molar-refractivity contribution in [2.75, 3.05) is 12.4 Å². The molecule has 0 aliphatic carbocycles. The van der Waals surface area contributed by atoms with Gasteiger partial charge in [0.15, 0.2) is 11.5 Å². The number of benzene rings is 3. The smallest absolute Gasteiger partial charge is 0.255 e. The number of anilines is 1. The first-order valence-electron chi connectivity index (χ1n) is 9.32. The van der Waals surface area contributed by atoms with Gasteiger partial charge in [0.2, 0.25) is 0 Å². The third-order valence-corrected chi connectivity index (χ3v) is 5.56. The second kappa shape index (κ2) is 9.31. The van der Waals surface area contributed by atoms with E-state index in [0.717, 1.165) is 20.4 Å². The molecule has 0 saturated carbocycles. The molecule has 0 spiro atoms. The van der Waals surface area contributed by atoms with Gasteiger partial charge in [0, 0.05) is 11.3 Å². The number of aryl methyl sites for hydroxylation is 3. The Labute approximate surface area is 185 Å². The average Bonchev–Trinajstić information content (AvgIpc) is 2.70. The molecule has 150 valence electrons. The maximum Gasteiger partial charge on any atom is 0.255 e. The van der Waals surface area contributed by atoms with Gasteiger partial charge < -0.3 is 14.8 Å². The highest BCUT2D eigenvalue weighted by Gasteiger charge is 2.16. The molecule has 0 heterocycles. The molecule has 0 radical (unpaired) electrons. The van der Waals surface area contributed by atoms with Crippen LogP contribution in [0.3, 0.4) is 0 Å². The number of carbonyl (C=O) groups is 1. The fourth-order valence-electron chi connectivity index (χ4n) is 2.85. The second-order valence-corrected chi connectivity index (χ2v) is 8.18. The summed E-state index contributed by atoms with van der Waals surface area (Å²) in [5.74, 6) is 0.986. The van der Waals surface area contributed by atoms with E-state index in [1.54, 1.807) is 13.2 Å². The predicted octanol–water partition coefficient (Wildman–Crippen LogP) is 6.06. The maximum atomic E-state index is 12.7. The molecule has 4 nitrogen and oxygen atoms in total. The SMILES string of the molecule is COc1cc(C(=O)Nc2ccc(C)c(C)c2)cc(I)c1OCc1ccc(C)cc1. The lowest BCUT2D eigenvalue weighted by atomic mass is 10.1. The van der Waals surface area contributed by atoms with Crippen LogP contribution in [0, 0.1) is 24.3 Å². The van der Waals surface area contributed by atoms with Crippen molar-refractivity contribution in [2.24, 2.45) is 0 Å². The van der Waals surface area contributed by atoms with Crippen molar-refractivity contribution < 1.29 is 14.3 Å². The molecule has 1 N–H and O–H groups in total. The zero-order chi connectivity index (χ0) is 21.0. The Hall–Kier alpha value is -2.54. The quantitative estimate of drug-likeness (QED) is 0.418. The summed E-state index contributed by atoms with van der Waals surface area (Å²) in [6.45, 7) is 6.56. The van der Waals surface area contributed by atoms with Crippen molar-refractivity contribution >= 4 is 34.2 Å². The Kier molecular flexibility index (Phi) is 6.79. The highest BCUT2D eigenvalue weighted by molar-refractivity contribution is 14.1. The summed E-state index contributed by atoms with van der Waals surface area (Å²) in [7, 11) is 1.58. The van der Waals surface area contributed by atoms with Gasteiger partial charge in [-0.05, 0) is 84.3 Å². The molecule has 3 rings (SSSR count). The van der Waals surface area contributed by atoms with Crippen LogP contribution in [-0.4, -0.2) is 13.0 Å². The number of halogens is 1. The van der Waals surface area contributed by atoms with Crippen molar-refractivity contribution in [3.05, 3.63) is 86.0 Å². The van der Waals surface area contributed by atoms with E-state index in [1.807, 2.05) is 50.2 Å². The van der Waals surface area contributed by atoms with E-state index in [4.69, 9.17) is 9.47 Å². The van der Waals surface area contributed by atoms with Crippen LogP contribution < -0.4 is 14.8 Å². The lowest BCUT2D eigenvalue weighted by molar-refractivity contribution is 0.102. The molecule has 0 bridgehead atoms. The Balaban J connectivity index is 1.78. The van der Waals surface area contributed by atoms with Gasteiger partial charge in [-0.15, -0.1) is 0 Å². The van der Waals surface area contributed by atoms with Crippen molar-refractivity contribution in [1.29, 1.82) is 0 Å². The number of methoxy groups -OCH3 is 1. The van der Waals surface area contributed by atoms with Gasteiger partial charge in [-0.2, -0.15) is 0 Å². The summed E-state index contributed by atoms with van der Waals surface area (Å²) >= 11 is 2.17. The van der Waals surface area contributed by atoms with E-state index < -0.39 is 0 Å². The first-order chi connectivity index (χ1) is 13.9. The molecule has 0 fully saturated rings. The van der Waals surface area contributed by atoms with Crippen molar-refractivity contribution in [2.45, 2.75) is 27.4 Å². The minimum absolute atomic E-state index is 0.186. The summed E-state index contributed by atoms with van der Waals surface area (Å²) in [4.78, 5) is 12.7. The summed E-state index contributed by atoms with van der Waals surface area (Å²) in [6, 6.07) is 17.6. The van der Waals surface area contributed by atoms with Crippen LogP contribution in [0.15, 0.2) is 54.6 Å². The standard InChI is InChI=1S/C24H24INO3/c1-15-5-8-18(9-6-15)14-29-23-21(25)12-19(13-22(23)28-4)24(27)26-20-10-7-16(2)17(3)11-20/h5-13H,14H2,1-4H3,(H,26,27). The van der Waals surface area contributed by atoms with Gasteiger partial charge in [0.05, 0.1) is 10.7 Å². The van der Waals surface area contributed by atoms with E-state index in [2.05, 4.69) is 47.0 Å². The molecule has 0 aliphatic heterocycles. The third-order valence-electron chi connectivity index (χ3n) is 4.76. The Morgan fingerprint density at radius 2 is 1.69 bits per heavy atom. The molecule has 0 unspecified atom stereocenters. The second-order valence-electron chi connectivity index (χ2n) is 7.02. The van der Waals surface area contributed by atoms with Gasteiger partial charge in [-0.1, -0.05) is 35.9 Å². The number of amides is 1. The zero-order valence-corrected chi connectivity index (χ0v) is 19.2. The number of carbonyl (C=O) groups excluding carboxylic acids is 1. The molecule has 0 atom stereocenters. The third kappa shape index (κ3) is 5.29. The van der Waals surface area contributed by atoms with Gasteiger partial charge >= 0.3 is 0 Å². The Morgan fingerprint density at radius 3 is 2.34 bits per heavy atom. The van der Waals surface area contributed by atoms with Gasteiger partial charge in [0.1, 0.15) is 6.61 Å². The minimum Gasteiger partial charge on any atom is -0.493 e. The van der Waals surface area contributed by atoms with E-state index in [-0.39, 0.29) is 5.91 Å². The number of hydrogen-bond donors (Lipinski definition) is 1. The average molecular weight is 501 g/mol. The fourth-order valence-corrected chi connectivity index (χ4v) is 3.61. The maximum absolute atomic E-state index is 12.7. The van der Waals surface area contributed by atoms with Gasteiger partial charge in [-0.3, -0.25) is 4.79 Å². The zero-order valence-electron chi connectivity index (χ0n) is 17.0. The van der Waals surface area contributed by atoms with Crippen LogP contribution in [0.4, 0.5) is 5.69 Å². The normalized spacial score (nSPS) is 10.5. The van der Waals surface area contributed by atoms with Crippen LogP contribution in [-0.2, 0) is 6.61 Å². The molecule has 29 heavy (non-hydrogen) atoms. The number of nitrogens with one attached hydrogen (secondary N) is 1. The van der Waals surface area contributed by atoms with Crippen LogP contribution in [0.5, 0.6) is 11.5 Å². The van der Waals surface area contributed by atoms with E-state index in [1.165, 1.54) is 11.1 Å². The molecule has 3 aromatic carbocycles. The Morgan fingerprint density at radius 1 is 0.966 bits per heavy atom. The molecular weight excluding hydrogens is 477 g/mol. The monoisotopic (exact) mass is 501 g/mol. The van der Waals surface area contributed by atoms with Crippen LogP contribution >= 0.6 is 22.6 Å². The molecule has 1 amide bonds. The van der Waals surface area contributed by atoms with Crippen LogP contribution in [0.2, 0.25) is 0 Å². The van der Waals surface area contributed by atoms with Crippen molar-refractivity contribution in [3.63, 3.8) is 0 Å². The Bertz CT molecular complexity index is 1030. The van der Waals surface area contributed by atoms with E-state index in [0.29, 0.717) is 23.7 Å². The van der Waals surface area contributed by atoms with Crippen LogP contribution in [0.25, 0.3) is 0 Å². The highest BCUT2D eigenvalue weighted by atomic mass is 127. The van der Waals surface area contributed by atoms with Crippen molar-refractivity contribution in [3.8, 4) is 11.5 Å². The minimum atomic E-state index is -0.186. The van der Waals surface area contributed by atoms with Gasteiger partial charge in [0.25, 0.3) is 5.91 Å². The number of rotatable bonds is 6. The number of hydrogen-bond acceptors (Lipinski definition) is 3. The molecular formula is C24H24INO3. The largest absolute Gasteiger partial charge is 0.493 e. The lowest BCUT2D eigenvalue weighted by Crippen LogP contribution is -2.13. The summed E-state index contributed by atoms with van der Waals surface area (Å²) < 4.78 is 12.3. The summed E-state index contributed by atoms with van der Waals surface area (Å²) in [6.07, 6.45) is 0. The first kappa shape index (κ1) is 21.2. The summed E-state index contributed by atoms with van der Waals surface area (Å²) in [5, 5.41) is 2.95. The molecule has 0 saturated heterocycles.